The van der Waals surface area contributed by atoms with Crippen LogP contribution in [-0.2, 0) is 0 Å². The minimum atomic E-state index is -0.596. The third-order valence-electron chi connectivity index (χ3n) is 4.95. The first-order valence-corrected chi connectivity index (χ1v) is 9.11. The molecule has 0 aliphatic carbocycles. The quantitative estimate of drug-likeness (QED) is 0.514. The van der Waals surface area contributed by atoms with Gasteiger partial charge in [0.2, 0.25) is 0 Å². The summed E-state index contributed by atoms with van der Waals surface area (Å²) in [5, 5.41) is 0.870. The molecule has 6 heteroatoms. The third kappa shape index (κ3) is 2.97. The summed E-state index contributed by atoms with van der Waals surface area (Å²) in [6, 6.07) is 12.9. The van der Waals surface area contributed by atoms with Gasteiger partial charge in [0.1, 0.15) is 17.5 Å². The number of hydrogen-bond acceptors (Lipinski definition) is 4. The number of rotatable bonds is 3. The third-order valence-corrected chi connectivity index (χ3v) is 4.95. The lowest BCUT2D eigenvalue weighted by Crippen LogP contribution is -2.37. The van der Waals surface area contributed by atoms with Gasteiger partial charge >= 0.3 is 0 Å². The Labute approximate surface area is 160 Å². The highest BCUT2D eigenvalue weighted by Crippen LogP contribution is 2.33. The molecule has 1 saturated heterocycles. The summed E-state index contributed by atoms with van der Waals surface area (Å²) in [4.78, 5) is 15.8. The monoisotopic (exact) mass is 374 g/mol. The lowest BCUT2D eigenvalue weighted by atomic mass is 10.0. The molecular formula is C22H16F2N4. The van der Waals surface area contributed by atoms with Gasteiger partial charge < -0.3 is 4.90 Å². The van der Waals surface area contributed by atoms with Crippen LogP contribution in [0.3, 0.4) is 0 Å². The summed E-state index contributed by atoms with van der Waals surface area (Å²) < 4.78 is 27.3. The van der Waals surface area contributed by atoms with Gasteiger partial charge in [-0.15, -0.1) is 0 Å². The van der Waals surface area contributed by atoms with Crippen LogP contribution in [-0.4, -0.2) is 28.0 Å². The van der Waals surface area contributed by atoms with Crippen LogP contribution in [0.4, 0.5) is 14.6 Å². The predicted octanol–water partition coefficient (Wildman–Crippen LogP) is 4.85. The van der Waals surface area contributed by atoms with Crippen LogP contribution in [0.15, 0.2) is 60.9 Å². The first-order valence-electron chi connectivity index (χ1n) is 9.11. The number of hydrogen-bond donors (Lipinski definition) is 0. The molecular weight excluding hydrogens is 358 g/mol. The molecule has 0 unspecified atom stereocenters. The summed E-state index contributed by atoms with van der Waals surface area (Å²) >= 11 is 0. The zero-order valence-electron chi connectivity index (χ0n) is 14.9. The maximum absolute atomic E-state index is 13.7. The van der Waals surface area contributed by atoms with E-state index in [-0.39, 0.29) is 0 Å². The highest BCUT2D eigenvalue weighted by molar-refractivity contribution is 5.94. The largest absolute Gasteiger partial charge is 0.356 e. The zero-order chi connectivity index (χ0) is 19.1. The van der Waals surface area contributed by atoms with Crippen molar-refractivity contribution in [2.24, 2.45) is 0 Å². The average Bonchev–Trinajstić information content (AvgIpc) is 2.66. The Bertz CT molecular complexity index is 1150. The molecule has 2 aromatic carbocycles. The van der Waals surface area contributed by atoms with Crippen molar-refractivity contribution < 1.29 is 8.78 Å². The van der Waals surface area contributed by atoms with Crippen molar-refractivity contribution in [3.8, 4) is 22.5 Å². The predicted molar refractivity (Wildman–Crippen MR) is 105 cm³/mol. The molecule has 5 rings (SSSR count). The zero-order valence-corrected chi connectivity index (χ0v) is 14.9. The number of benzene rings is 2. The van der Waals surface area contributed by atoms with E-state index in [1.165, 1.54) is 12.1 Å². The maximum atomic E-state index is 13.7. The highest BCUT2D eigenvalue weighted by Gasteiger charge is 2.21. The van der Waals surface area contributed by atoms with Crippen molar-refractivity contribution in [1.82, 2.24) is 15.0 Å². The van der Waals surface area contributed by atoms with Gasteiger partial charge in [-0.3, -0.25) is 4.98 Å². The van der Waals surface area contributed by atoms with Gasteiger partial charge in [0, 0.05) is 42.5 Å². The summed E-state index contributed by atoms with van der Waals surface area (Å²) in [5.41, 5.74) is 2.86. The first kappa shape index (κ1) is 16.7. The molecule has 0 spiro atoms. The summed E-state index contributed by atoms with van der Waals surface area (Å²) in [6.45, 7) is 1.86. The van der Waals surface area contributed by atoms with Crippen LogP contribution in [0.1, 0.15) is 6.42 Å². The van der Waals surface area contributed by atoms with Crippen molar-refractivity contribution in [3.05, 3.63) is 72.6 Å². The van der Waals surface area contributed by atoms with Crippen molar-refractivity contribution in [3.63, 3.8) is 0 Å². The molecule has 138 valence electrons. The molecule has 1 aliphatic rings. The first-order chi connectivity index (χ1) is 13.7. The minimum Gasteiger partial charge on any atom is -0.356 e. The number of nitrogens with zero attached hydrogens (tertiary/aromatic N) is 4. The standard InChI is InChI=1S/C22H16F2N4/c23-17-9-16(10-18(24)12-17)14-4-5-20-19(11-14)22(28-7-2-8-28)27-21(26-20)15-3-1-6-25-13-15/h1,3-6,9-13H,2,7-8H2. The molecule has 2 aromatic heterocycles. The van der Waals surface area contributed by atoms with E-state index in [2.05, 4.69) is 9.88 Å². The molecule has 3 heterocycles. The van der Waals surface area contributed by atoms with E-state index in [9.17, 15) is 8.78 Å². The number of pyridine rings is 1. The van der Waals surface area contributed by atoms with Crippen molar-refractivity contribution in [1.29, 1.82) is 0 Å². The number of anilines is 1. The SMILES string of the molecule is Fc1cc(F)cc(-c2ccc3nc(-c4cccnc4)nc(N4CCC4)c3c2)c1. The van der Waals surface area contributed by atoms with E-state index >= 15 is 0 Å². The molecule has 0 saturated carbocycles. The Morgan fingerprint density at radius 3 is 2.32 bits per heavy atom. The molecule has 0 amide bonds. The van der Waals surface area contributed by atoms with Crippen molar-refractivity contribution >= 4 is 16.7 Å². The van der Waals surface area contributed by atoms with Gasteiger partial charge in [0.25, 0.3) is 0 Å². The fourth-order valence-corrected chi connectivity index (χ4v) is 3.41. The topological polar surface area (TPSA) is 41.9 Å². The van der Waals surface area contributed by atoms with Crippen LogP contribution < -0.4 is 4.90 Å². The van der Waals surface area contributed by atoms with Gasteiger partial charge in [-0.2, -0.15) is 0 Å². The fourth-order valence-electron chi connectivity index (χ4n) is 3.41. The highest BCUT2D eigenvalue weighted by atomic mass is 19.1. The Kier molecular flexibility index (Phi) is 3.97. The Morgan fingerprint density at radius 1 is 0.821 bits per heavy atom. The van der Waals surface area contributed by atoms with Crippen molar-refractivity contribution in [2.45, 2.75) is 6.42 Å². The smallest absolute Gasteiger partial charge is 0.163 e. The molecule has 0 radical (unpaired) electrons. The van der Waals surface area contributed by atoms with Crippen LogP contribution >= 0.6 is 0 Å². The van der Waals surface area contributed by atoms with Crippen LogP contribution in [0.25, 0.3) is 33.4 Å². The van der Waals surface area contributed by atoms with E-state index in [0.29, 0.717) is 11.4 Å². The maximum Gasteiger partial charge on any atom is 0.163 e. The molecule has 0 N–H and O–H groups in total. The number of halogens is 2. The fraction of sp³-hybridized carbons (Fsp3) is 0.136. The van der Waals surface area contributed by atoms with Gasteiger partial charge in [-0.1, -0.05) is 6.07 Å². The van der Waals surface area contributed by atoms with E-state index in [4.69, 9.17) is 9.97 Å². The Balaban J connectivity index is 1.70. The second-order valence-electron chi connectivity index (χ2n) is 6.84. The second-order valence-corrected chi connectivity index (χ2v) is 6.84. The summed E-state index contributed by atoms with van der Waals surface area (Å²) in [7, 11) is 0. The molecule has 0 atom stereocenters. The van der Waals surface area contributed by atoms with Crippen LogP contribution in [0.5, 0.6) is 0 Å². The van der Waals surface area contributed by atoms with E-state index < -0.39 is 11.6 Å². The van der Waals surface area contributed by atoms with E-state index in [0.717, 1.165) is 53.4 Å². The molecule has 1 fully saturated rings. The summed E-state index contributed by atoms with van der Waals surface area (Å²) in [6.07, 6.45) is 4.57. The molecule has 28 heavy (non-hydrogen) atoms. The lowest BCUT2D eigenvalue weighted by molar-refractivity contribution is 0.584. The van der Waals surface area contributed by atoms with Gasteiger partial charge in [-0.25, -0.2) is 18.7 Å². The molecule has 1 aliphatic heterocycles. The average molecular weight is 374 g/mol. The van der Waals surface area contributed by atoms with Crippen molar-refractivity contribution in [2.75, 3.05) is 18.0 Å². The molecule has 4 nitrogen and oxygen atoms in total. The molecule has 4 aromatic rings. The van der Waals surface area contributed by atoms with E-state index in [1.54, 1.807) is 12.4 Å². The summed E-state index contributed by atoms with van der Waals surface area (Å²) in [5.74, 6) is 0.267. The molecule has 0 bridgehead atoms. The number of aromatic nitrogens is 3. The Morgan fingerprint density at radius 2 is 1.64 bits per heavy atom. The minimum absolute atomic E-state index is 0.491. The van der Waals surface area contributed by atoms with Crippen LogP contribution in [0, 0.1) is 11.6 Å². The van der Waals surface area contributed by atoms with Gasteiger partial charge in [0.05, 0.1) is 5.52 Å². The lowest BCUT2D eigenvalue weighted by Gasteiger charge is -2.33. The normalized spacial score (nSPS) is 13.6. The van der Waals surface area contributed by atoms with Gasteiger partial charge in [-0.05, 0) is 53.9 Å². The van der Waals surface area contributed by atoms with Crippen LogP contribution in [0.2, 0.25) is 0 Å². The number of fused-ring (bicyclic) bond motifs is 1. The van der Waals surface area contributed by atoms with Gasteiger partial charge in [0.15, 0.2) is 5.82 Å². The Hall–Kier alpha value is -3.41. The second kappa shape index (κ2) is 6.64. The van der Waals surface area contributed by atoms with E-state index in [1.807, 2.05) is 30.3 Å².